The molecule has 0 spiro atoms. The van der Waals surface area contributed by atoms with Gasteiger partial charge >= 0.3 is 0 Å². The summed E-state index contributed by atoms with van der Waals surface area (Å²) in [5.41, 5.74) is 1.04. The molecule has 2 aromatic rings. The highest BCUT2D eigenvalue weighted by molar-refractivity contribution is 9.13. The van der Waals surface area contributed by atoms with E-state index in [1.54, 1.807) is 11.3 Å². The van der Waals surface area contributed by atoms with Crippen molar-refractivity contribution in [1.82, 2.24) is 9.97 Å². The Balaban J connectivity index is 2.48. The molecule has 0 fully saturated rings. The van der Waals surface area contributed by atoms with Crippen molar-refractivity contribution >= 4 is 49.0 Å². The zero-order valence-electron chi connectivity index (χ0n) is 12.6. The molecule has 0 aromatic carbocycles. The third kappa shape index (κ3) is 4.27. The molecular formula is C15H19Br2N3S. The van der Waals surface area contributed by atoms with Crippen LogP contribution in [0.3, 0.4) is 0 Å². The molecule has 3 nitrogen and oxygen atoms in total. The summed E-state index contributed by atoms with van der Waals surface area (Å²) in [6.07, 6.45) is 1.07. The van der Waals surface area contributed by atoms with Gasteiger partial charge in [0.15, 0.2) is 5.82 Å². The molecule has 0 unspecified atom stereocenters. The molecule has 0 bridgehead atoms. The first kappa shape index (κ1) is 16.9. The lowest BCUT2D eigenvalue weighted by molar-refractivity contribution is 0.568. The lowest BCUT2D eigenvalue weighted by atomic mass is 9.92. The van der Waals surface area contributed by atoms with E-state index in [1.165, 1.54) is 0 Å². The number of nitrogens with one attached hydrogen (secondary N) is 1. The van der Waals surface area contributed by atoms with Crippen molar-refractivity contribution in [3.8, 4) is 10.7 Å². The van der Waals surface area contributed by atoms with Gasteiger partial charge in [0.1, 0.15) is 5.82 Å². The molecule has 0 aliphatic heterocycles. The number of anilines is 1. The van der Waals surface area contributed by atoms with Crippen LogP contribution in [0.25, 0.3) is 10.7 Å². The number of hydrogen-bond donors (Lipinski definition) is 1. The van der Waals surface area contributed by atoms with Crippen molar-refractivity contribution in [3.63, 3.8) is 0 Å². The van der Waals surface area contributed by atoms with Gasteiger partial charge in [-0.15, -0.1) is 11.3 Å². The summed E-state index contributed by atoms with van der Waals surface area (Å²) < 4.78 is 2.10. The summed E-state index contributed by atoms with van der Waals surface area (Å²) in [5, 5.41) is 3.37. The number of thiophene rings is 1. The van der Waals surface area contributed by atoms with Gasteiger partial charge < -0.3 is 5.32 Å². The summed E-state index contributed by atoms with van der Waals surface area (Å²) in [5.74, 6) is 1.67. The molecule has 0 aliphatic rings. The fraction of sp³-hybridized carbons (Fsp3) is 0.467. The van der Waals surface area contributed by atoms with Crippen LogP contribution < -0.4 is 5.32 Å². The van der Waals surface area contributed by atoms with Gasteiger partial charge in [-0.25, -0.2) is 9.97 Å². The highest BCUT2D eigenvalue weighted by Gasteiger charge is 2.19. The van der Waals surface area contributed by atoms with E-state index in [0.29, 0.717) is 0 Å². The fourth-order valence-electron chi connectivity index (χ4n) is 1.74. The van der Waals surface area contributed by atoms with Crippen LogP contribution in [0.1, 0.15) is 39.8 Å². The molecule has 0 radical (unpaired) electrons. The van der Waals surface area contributed by atoms with Crippen LogP contribution in [0, 0.1) is 0 Å². The van der Waals surface area contributed by atoms with E-state index in [0.717, 1.165) is 43.4 Å². The van der Waals surface area contributed by atoms with Crippen LogP contribution in [0.5, 0.6) is 0 Å². The molecule has 1 N–H and O–H groups in total. The Bertz CT molecular complexity index is 613. The molecule has 0 atom stereocenters. The molecule has 0 aliphatic carbocycles. The Kier molecular flexibility index (Phi) is 5.43. The zero-order chi connectivity index (χ0) is 15.6. The Morgan fingerprint density at radius 1 is 1.19 bits per heavy atom. The maximum absolute atomic E-state index is 4.76. The average molecular weight is 433 g/mol. The van der Waals surface area contributed by atoms with Gasteiger partial charge in [0.25, 0.3) is 0 Å². The van der Waals surface area contributed by atoms with Gasteiger partial charge in [-0.3, -0.25) is 0 Å². The highest BCUT2D eigenvalue weighted by atomic mass is 79.9. The summed E-state index contributed by atoms with van der Waals surface area (Å²) >= 11 is 8.69. The van der Waals surface area contributed by atoms with Crippen LogP contribution in [-0.4, -0.2) is 16.5 Å². The highest BCUT2D eigenvalue weighted by Crippen LogP contribution is 2.37. The molecular weight excluding hydrogens is 414 g/mol. The number of aromatic nitrogens is 2. The largest absolute Gasteiger partial charge is 0.370 e. The predicted octanol–water partition coefficient (Wildman–Crippen LogP) is 5.85. The molecule has 21 heavy (non-hydrogen) atoms. The maximum atomic E-state index is 4.76. The number of nitrogens with zero attached hydrogens (tertiary/aromatic N) is 2. The molecule has 2 rings (SSSR count). The predicted molar refractivity (Wildman–Crippen MR) is 98.2 cm³/mol. The molecule has 114 valence electrons. The molecule has 6 heteroatoms. The average Bonchev–Trinajstić information content (AvgIpc) is 2.75. The van der Waals surface area contributed by atoms with Gasteiger partial charge in [0, 0.05) is 22.5 Å². The SMILES string of the molecule is CCCNc1cc(C(C)(C)C)nc(-c2cc(Br)c(Br)s2)n1. The number of rotatable bonds is 4. The van der Waals surface area contributed by atoms with E-state index in [4.69, 9.17) is 4.98 Å². The first-order chi connectivity index (χ1) is 9.81. The summed E-state index contributed by atoms with van der Waals surface area (Å²) in [6, 6.07) is 4.11. The standard InChI is InChI=1S/C15H19Br2N3S/c1-5-6-18-12-8-11(15(2,3)4)19-14(20-12)10-7-9(16)13(17)21-10/h7-8H,5-6H2,1-4H3,(H,18,19,20). The van der Waals surface area contributed by atoms with Crippen LogP contribution in [0.2, 0.25) is 0 Å². The third-order valence-corrected chi connectivity index (χ3v) is 6.17. The quantitative estimate of drug-likeness (QED) is 0.658. The van der Waals surface area contributed by atoms with Crippen molar-refractivity contribution in [1.29, 1.82) is 0 Å². The van der Waals surface area contributed by atoms with E-state index in [1.807, 2.05) is 0 Å². The van der Waals surface area contributed by atoms with Gasteiger partial charge in [-0.2, -0.15) is 0 Å². The van der Waals surface area contributed by atoms with Crippen molar-refractivity contribution < 1.29 is 0 Å². The summed E-state index contributed by atoms with van der Waals surface area (Å²) in [4.78, 5) is 10.5. The molecule has 0 amide bonds. The second-order valence-corrected chi connectivity index (χ2v) is 9.10. The Hall–Kier alpha value is -0.460. The summed E-state index contributed by atoms with van der Waals surface area (Å²) in [7, 11) is 0. The van der Waals surface area contributed by atoms with Crippen LogP contribution in [0.4, 0.5) is 5.82 Å². The Morgan fingerprint density at radius 3 is 2.43 bits per heavy atom. The van der Waals surface area contributed by atoms with Crippen LogP contribution in [0.15, 0.2) is 20.4 Å². The van der Waals surface area contributed by atoms with Gasteiger partial charge in [0.2, 0.25) is 0 Å². The van der Waals surface area contributed by atoms with Crippen molar-refractivity contribution in [2.75, 3.05) is 11.9 Å². The molecule has 0 saturated heterocycles. The van der Waals surface area contributed by atoms with E-state index in [-0.39, 0.29) is 5.41 Å². The molecule has 2 aromatic heterocycles. The van der Waals surface area contributed by atoms with Crippen LogP contribution in [-0.2, 0) is 5.41 Å². The van der Waals surface area contributed by atoms with Crippen LogP contribution >= 0.6 is 43.2 Å². The topological polar surface area (TPSA) is 37.8 Å². The van der Waals surface area contributed by atoms with Gasteiger partial charge in [-0.05, 0) is 44.3 Å². The van der Waals surface area contributed by atoms with Crippen molar-refractivity contribution in [2.45, 2.75) is 39.5 Å². The van der Waals surface area contributed by atoms with E-state index >= 15 is 0 Å². The smallest absolute Gasteiger partial charge is 0.171 e. The second-order valence-electron chi connectivity index (χ2n) is 5.87. The number of halogens is 2. The fourth-order valence-corrected chi connectivity index (χ4v) is 3.71. The molecule has 0 saturated carbocycles. The Labute approximate surface area is 146 Å². The van der Waals surface area contributed by atoms with E-state index in [9.17, 15) is 0 Å². The lowest BCUT2D eigenvalue weighted by Crippen LogP contribution is -2.16. The lowest BCUT2D eigenvalue weighted by Gasteiger charge is -2.19. The molecule has 2 heterocycles. The van der Waals surface area contributed by atoms with E-state index in [2.05, 4.69) is 82.0 Å². The van der Waals surface area contributed by atoms with Gasteiger partial charge in [0.05, 0.1) is 14.4 Å². The first-order valence-electron chi connectivity index (χ1n) is 6.90. The van der Waals surface area contributed by atoms with Crippen molar-refractivity contribution in [2.24, 2.45) is 0 Å². The first-order valence-corrected chi connectivity index (χ1v) is 9.30. The minimum absolute atomic E-state index is 0.00788. The minimum Gasteiger partial charge on any atom is -0.370 e. The zero-order valence-corrected chi connectivity index (χ0v) is 16.6. The van der Waals surface area contributed by atoms with Crippen molar-refractivity contribution in [3.05, 3.63) is 26.1 Å². The van der Waals surface area contributed by atoms with E-state index < -0.39 is 0 Å². The Morgan fingerprint density at radius 2 is 1.90 bits per heavy atom. The second kappa shape index (κ2) is 6.75. The third-order valence-electron chi connectivity index (χ3n) is 2.92. The normalized spacial score (nSPS) is 11.7. The van der Waals surface area contributed by atoms with Gasteiger partial charge in [-0.1, -0.05) is 27.7 Å². The summed E-state index contributed by atoms with van der Waals surface area (Å²) in [6.45, 7) is 9.57. The monoisotopic (exact) mass is 431 g/mol. The minimum atomic E-state index is -0.00788. The number of hydrogen-bond acceptors (Lipinski definition) is 4. The maximum Gasteiger partial charge on any atom is 0.171 e.